The van der Waals surface area contributed by atoms with E-state index in [1.54, 1.807) is 79.0 Å². The van der Waals surface area contributed by atoms with Gasteiger partial charge in [-0.2, -0.15) is 10.0 Å². The maximum Gasteiger partial charge on any atom is 0.408 e. The third-order valence-electron chi connectivity index (χ3n) is 8.36. The van der Waals surface area contributed by atoms with Crippen LogP contribution in [0.2, 0.25) is 0 Å². The average molecular weight is 679 g/mol. The van der Waals surface area contributed by atoms with Crippen molar-refractivity contribution in [3.05, 3.63) is 36.9 Å². The first-order valence-electron chi connectivity index (χ1n) is 15.8. The van der Waals surface area contributed by atoms with Crippen LogP contribution in [0.3, 0.4) is 0 Å². The summed E-state index contributed by atoms with van der Waals surface area (Å²) in [5.74, 6) is -1.08. The lowest BCUT2D eigenvalue weighted by Gasteiger charge is -2.36. The smallest absolute Gasteiger partial charge is 0.408 e. The van der Waals surface area contributed by atoms with Crippen molar-refractivity contribution in [1.82, 2.24) is 56.4 Å². The van der Waals surface area contributed by atoms with Gasteiger partial charge in [0.25, 0.3) is 11.9 Å². The van der Waals surface area contributed by atoms with Crippen molar-refractivity contribution in [3.8, 4) is 17.1 Å². The van der Waals surface area contributed by atoms with E-state index in [9.17, 15) is 19.2 Å². The van der Waals surface area contributed by atoms with Crippen molar-refractivity contribution in [2.24, 2.45) is 11.3 Å². The van der Waals surface area contributed by atoms with Gasteiger partial charge in [-0.15, -0.1) is 21.9 Å². The summed E-state index contributed by atoms with van der Waals surface area (Å²) in [6.45, 7) is 14.4. The molecule has 5 atom stereocenters. The van der Waals surface area contributed by atoms with Crippen LogP contribution in [0.4, 0.5) is 10.7 Å². The summed E-state index contributed by atoms with van der Waals surface area (Å²) in [5.41, 5.74) is -2.24. The Kier molecular flexibility index (Phi) is 9.43. The normalized spacial score (nSPS) is 22.5. The molecule has 5 rings (SSSR count). The van der Waals surface area contributed by atoms with E-state index in [2.05, 4.69) is 58.6 Å². The summed E-state index contributed by atoms with van der Waals surface area (Å²) in [6.07, 6.45) is 1.18. The highest BCUT2D eigenvalue weighted by Crippen LogP contribution is 2.45. The van der Waals surface area contributed by atoms with E-state index in [0.717, 1.165) is 0 Å². The molecule has 3 aromatic rings. The van der Waals surface area contributed by atoms with E-state index < -0.39 is 58.5 Å². The van der Waals surface area contributed by atoms with Crippen molar-refractivity contribution < 1.29 is 28.7 Å². The molecule has 18 nitrogen and oxygen atoms in total. The van der Waals surface area contributed by atoms with Gasteiger partial charge in [-0.25, -0.2) is 4.79 Å². The SMILES string of the molecule is C=C[C@@H]1C[C@]1(NC(=O)[C@@H]1C[C@@H](n2nnc(-c3ccc(OC)cc3)n2)CN1C(=O)[C@@H](NC(=O)OC(C)(C)C)C(C)(C)C)C(=O)Nc1nn[nH]n1. The Bertz CT molecular complexity index is 1690. The first kappa shape index (κ1) is 34.9. The lowest BCUT2D eigenvalue weighted by atomic mass is 9.85. The lowest BCUT2D eigenvalue weighted by Crippen LogP contribution is -2.59. The molecule has 1 aromatic carbocycles. The number of aromatic amines is 1. The van der Waals surface area contributed by atoms with E-state index >= 15 is 0 Å². The predicted octanol–water partition coefficient (Wildman–Crippen LogP) is 1.64. The minimum Gasteiger partial charge on any atom is -0.497 e. The van der Waals surface area contributed by atoms with Crippen LogP contribution in [-0.2, 0) is 19.1 Å². The number of nitrogens with one attached hydrogen (secondary N) is 4. The molecular formula is C31H42N12O6. The minimum absolute atomic E-state index is 0.0187. The number of methoxy groups -OCH3 is 1. The van der Waals surface area contributed by atoms with E-state index in [1.807, 2.05) is 0 Å². The van der Waals surface area contributed by atoms with Crippen LogP contribution in [-0.4, -0.2) is 106 Å². The summed E-state index contributed by atoms with van der Waals surface area (Å²) in [7, 11) is 1.57. The van der Waals surface area contributed by atoms with Crippen LogP contribution in [0.15, 0.2) is 36.9 Å². The van der Waals surface area contributed by atoms with Gasteiger partial charge >= 0.3 is 6.09 Å². The number of benzene rings is 1. The van der Waals surface area contributed by atoms with Gasteiger partial charge in [0.1, 0.15) is 29.0 Å². The van der Waals surface area contributed by atoms with Gasteiger partial charge in [0.2, 0.25) is 17.6 Å². The first-order chi connectivity index (χ1) is 23.0. The molecule has 2 aromatic heterocycles. The molecular weight excluding hydrogens is 636 g/mol. The minimum atomic E-state index is -1.35. The van der Waals surface area contributed by atoms with Crippen LogP contribution in [0.5, 0.6) is 5.75 Å². The molecule has 1 aliphatic heterocycles. The molecule has 1 aliphatic carbocycles. The van der Waals surface area contributed by atoms with Crippen molar-refractivity contribution in [1.29, 1.82) is 0 Å². The van der Waals surface area contributed by atoms with Crippen LogP contribution in [0, 0.1) is 11.3 Å². The van der Waals surface area contributed by atoms with Crippen LogP contribution in [0.25, 0.3) is 11.4 Å². The summed E-state index contributed by atoms with van der Waals surface area (Å²) in [6, 6.07) is 4.42. The molecule has 0 unspecified atom stereocenters. The Morgan fingerprint density at radius 2 is 1.82 bits per heavy atom. The standard InChI is InChI=1S/C31H42N12O6/c1-9-18-15-31(18,26(46)33-27-36-39-40-37-27)34-24(44)21-14-19(43-38-23(35-41-43)17-10-12-20(48-8)13-11-17)16-42(21)25(45)22(29(2,3)4)32-28(47)49-30(5,6)7/h9-13,18-19,21-22H,1,14-16H2,2-8H3,(H,32,47)(H,34,44)(H2,33,36,37,39,40,46)/t18-,19-,21+,22-,31-/m1/s1. The zero-order valence-corrected chi connectivity index (χ0v) is 28.6. The molecule has 4 N–H and O–H groups in total. The summed E-state index contributed by atoms with van der Waals surface area (Å²) in [5, 5.41) is 34.4. The quantitative estimate of drug-likeness (QED) is 0.225. The van der Waals surface area contributed by atoms with Gasteiger partial charge in [-0.3, -0.25) is 19.7 Å². The highest BCUT2D eigenvalue weighted by atomic mass is 16.6. The molecule has 0 spiro atoms. The number of carbonyl (C=O) groups excluding carboxylic acids is 4. The maximum absolute atomic E-state index is 14.4. The second kappa shape index (κ2) is 13.2. The summed E-state index contributed by atoms with van der Waals surface area (Å²) in [4.78, 5) is 57.6. The van der Waals surface area contributed by atoms with Gasteiger partial charge in [0.05, 0.1) is 13.2 Å². The number of likely N-dealkylation sites (tertiary alicyclic amines) is 1. The molecule has 2 aliphatic rings. The highest BCUT2D eigenvalue weighted by molar-refractivity contribution is 6.04. The van der Waals surface area contributed by atoms with E-state index in [0.29, 0.717) is 17.1 Å². The molecule has 1 saturated carbocycles. The highest BCUT2D eigenvalue weighted by Gasteiger charge is 2.61. The van der Waals surface area contributed by atoms with Gasteiger partial charge in [-0.05, 0) is 67.3 Å². The molecule has 1 saturated heterocycles. The summed E-state index contributed by atoms with van der Waals surface area (Å²) < 4.78 is 10.7. The average Bonchev–Trinajstić information content (AvgIpc) is 3.50. The van der Waals surface area contributed by atoms with Crippen molar-refractivity contribution in [2.45, 2.75) is 83.6 Å². The number of nitrogens with zero attached hydrogens (tertiary/aromatic N) is 8. The lowest BCUT2D eigenvalue weighted by molar-refractivity contribution is -0.142. The molecule has 49 heavy (non-hydrogen) atoms. The van der Waals surface area contributed by atoms with E-state index in [-0.39, 0.29) is 31.3 Å². The number of anilines is 1. The monoisotopic (exact) mass is 678 g/mol. The zero-order valence-electron chi connectivity index (χ0n) is 28.6. The van der Waals surface area contributed by atoms with Gasteiger partial charge in [-0.1, -0.05) is 31.9 Å². The van der Waals surface area contributed by atoms with Crippen LogP contribution < -0.4 is 20.7 Å². The Balaban J connectivity index is 1.43. The topological polar surface area (TPSA) is 224 Å². The Labute approximate surface area is 282 Å². The fourth-order valence-corrected chi connectivity index (χ4v) is 5.71. The number of hydrogen-bond donors (Lipinski definition) is 4. The zero-order chi connectivity index (χ0) is 35.7. The molecule has 4 amide bonds. The fourth-order valence-electron chi connectivity index (χ4n) is 5.71. The number of hydrogen-bond acceptors (Lipinski definition) is 12. The molecule has 262 valence electrons. The second-order valence-corrected chi connectivity index (χ2v) is 14.2. The van der Waals surface area contributed by atoms with Gasteiger partial charge in [0, 0.05) is 24.4 Å². The number of tetrazole rings is 2. The Morgan fingerprint density at radius 1 is 1.10 bits per heavy atom. The number of amides is 4. The Morgan fingerprint density at radius 3 is 2.39 bits per heavy atom. The second-order valence-electron chi connectivity index (χ2n) is 14.2. The third kappa shape index (κ3) is 7.68. The Hall–Kier alpha value is -5.42. The van der Waals surface area contributed by atoms with Crippen molar-refractivity contribution in [3.63, 3.8) is 0 Å². The van der Waals surface area contributed by atoms with Crippen molar-refractivity contribution >= 4 is 29.8 Å². The molecule has 0 bridgehead atoms. The number of alkyl carbamates (subject to hydrolysis) is 1. The molecule has 3 heterocycles. The van der Waals surface area contributed by atoms with Crippen LogP contribution in [0.1, 0.15) is 60.4 Å². The predicted molar refractivity (Wildman–Crippen MR) is 174 cm³/mol. The third-order valence-corrected chi connectivity index (χ3v) is 8.36. The molecule has 0 radical (unpaired) electrons. The fraction of sp³-hybridized carbons (Fsp3) is 0.548. The van der Waals surface area contributed by atoms with Crippen LogP contribution >= 0.6 is 0 Å². The molecule has 18 heteroatoms. The van der Waals surface area contributed by atoms with Gasteiger partial charge in [0.15, 0.2) is 0 Å². The number of rotatable bonds is 10. The van der Waals surface area contributed by atoms with E-state index in [4.69, 9.17) is 9.47 Å². The number of aromatic nitrogens is 8. The first-order valence-corrected chi connectivity index (χ1v) is 15.8. The number of ether oxygens (including phenoxy) is 2. The van der Waals surface area contributed by atoms with Gasteiger partial charge < -0.3 is 25.0 Å². The largest absolute Gasteiger partial charge is 0.497 e. The maximum atomic E-state index is 14.4. The molecule has 2 fully saturated rings. The number of carbonyl (C=O) groups is 4. The summed E-state index contributed by atoms with van der Waals surface area (Å²) >= 11 is 0. The van der Waals surface area contributed by atoms with E-state index in [1.165, 1.54) is 9.70 Å². The van der Waals surface area contributed by atoms with Crippen molar-refractivity contribution in [2.75, 3.05) is 19.0 Å². The number of H-pyrrole nitrogens is 1.